The van der Waals surface area contributed by atoms with Crippen LogP contribution in [0.15, 0.2) is 48.5 Å². The fourth-order valence-electron chi connectivity index (χ4n) is 6.08. The second-order valence-corrected chi connectivity index (χ2v) is 14.7. The van der Waals surface area contributed by atoms with E-state index >= 15 is 0 Å². The maximum atomic E-state index is 13.8. The molecule has 0 spiro atoms. The molecule has 4 rings (SSSR count). The van der Waals surface area contributed by atoms with E-state index in [1.807, 2.05) is 74.0 Å². The van der Waals surface area contributed by atoms with Gasteiger partial charge in [-0.1, -0.05) is 67.4 Å². The Hall–Kier alpha value is -3.66. The van der Waals surface area contributed by atoms with Crippen molar-refractivity contribution in [2.24, 2.45) is 0 Å². The largest absolute Gasteiger partial charge is 0.379 e. The van der Waals surface area contributed by atoms with Gasteiger partial charge in [0.15, 0.2) is 0 Å². The van der Waals surface area contributed by atoms with Gasteiger partial charge in [0.2, 0.25) is 11.8 Å². The van der Waals surface area contributed by atoms with Crippen LogP contribution in [0.2, 0.25) is 0 Å². The number of nitrogens with zero attached hydrogens (tertiary/aromatic N) is 4. The average Bonchev–Trinajstić information content (AvgIpc) is 3.62. The van der Waals surface area contributed by atoms with E-state index in [2.05, 4.69) is 15.6 Å². The molecule has 1 atom stereocenters. The Morgan fingerprint density at radius 2 is 1.44 bits per heavy atom. The number of anilines is 1. The number of para-hydroxylation sites is 1. The van der Waals surface area contributed by atoms with Crippen LogP contribution >= 0.6 is 8.60 Å². The van der Waals surface area contributed by atoms with Gasteiger partial charge < -0.3 is 43.1 Å². The Bertz CT molecular complexity index is 1660. The molecular weight excluding hydrogens is 753 g/mol. The molecule has 314 valence electrons. The molecule has 2 amide bonds. The fourth-order valence-corrected chi connectivity index (χ4v) is 6.78. The standard InChI is InChI=1S/C41H60N5O10P/c1-4-34(47)19-23-51-25-27-53-29-30-54-28-26-52-24-21-46-41-35-14-8-7-13-33(35)31-45(37-16-10-9-15-36(37)40(41)43-44-46)39(49)18-17-38(48)42-20-11-5-6-12-22-55-57(50)56-32(2)3/h7-10,13-16,32,50H,4-6,11-12,17-31H2,1-3H3,(H,42,48). The van der Waals surface area contributed by atoms with Crippen LogP contribution in [0.5, 0.6) is 0 Å². The first-order valence-electron chi connectivity index (χ1n) is 20.1. The maximum Gasteiger partial charge on any atom is 0.330 e. The average molecular weight is 814 g/mol. The molecule has 1 aliphatic heterocycles. The third-order valence-electron chi connectivity index (χ3n) is 9.03. The summed E-state index contributed by atoms with van der Waals surface area (Å²) in [6.45, 7) is 10.8. The molecule has 2 heterocycles. The number of Topliss-reactive ketones (excluding diaryl/α,β-unsaturated/α-hetero) is 1. The fraction of sp³-hybridized carbons (Fsp3) is 0.585. The van der Waals surface area contributed by atoms with Crippen LogP contribution in [0.1, 0.15) is 77.7 Å². The Morgan fingerprint density at radius 3 is 2.16 bits per heavy atom. The van der Waals surface area contributed by atoms with E-state index in [1.165, 1.54) is 0 Å². The number of carbonyl (C=O) groups excluding carboxylic acids is 3. The number of hydrogen-bond acceptors (Lipinski definition) is 12. The van der Waals surface area contributed by atoms with E-state index in [0.29, 0.717) is 103 Å². The van der Waals surface area contributed by atoms with E-state index in [-0.39, 0.29) is 36.5 Å². The van der Waals surface area contributed by atoms with Crippen molar-refractivity contribution in [3.8, 4) is 22.5 Å². The summed E-state index contributed by atoms with van der Waals surface area (Å²) in [5, 5.41) is 12.1. The van der Waals surface area contributed by atoms with E-state index in [1.54, 1.807) is 4.90 Å². The summed E-state index contributed by atoms with van der Waals surface area (Å²) in [7, 11) is -1.83. The molecule has 0 saturated heterocycles. The highest BCUT2D eigenvalue weighted by Gasteiger charge is 2.29. The Morgan fingerprint density at radius 1 is 0.789 bits per heavy atom. The van der Waals surface area contributed by atoms with Crippen molar-refractivity contribution >= 4 is 31.9 Å². The minimum Gasteiger partial charge on any atom is -0.379 e. The number of fused-ring (bicyclic) bond motifs is 5. The van der Waals surface area contributed by atoms with Crippen molar-refractivity contribution in [1.82, 2.24) is 20.3 Å². The third-order valence-corrected chi connectivity index (χ3v) is 10.0. The minimum atomic E-state index is -1.83. The monoisotopic (exact) mass is 813 g/mol. The van der Waals surface area contributed by atoms with E-state index in [4.69, 9.17) is 28.0 Å². The molecule has 0 fully saturated rings. The minimum absolute atomic E-state index is 0.0636. The van der Waals surface area contributed by atoms with Crippen molar-refractivity contribution in [1.29, 1.82) is 0 Å². The molecule has 57 heavy (non-hydrogen) atoms. The van der Waals surface area contributed by atoms with Gasteiger partial charge in [-0.3, -0.25) is 14.4 Å². The predicted molar refractivity (Wildman–Crippen MR) is 217 cm³/mol. The number of carbonyl (C=O) groups is 3. The van der Waals surface area contributed by atoms with Gasteiger partial charge in [0.05, 0.1) is 90.0 Å². The first kappa shape index (κ1) is 46.0. The highest BCUT2D eigenvalue weighted by atomic mass is 31.2. The topological polar surface area (TPSA) is 173 Å². The Balaban J connectivity index is 1.22. The Kier molecular flexibility index (Phi) is 21.3. The lowest BCUT2D eigenvalue weighted by atomic mass is 9.95. The SMILES string of the molecule is CCC(=O)CCOCCOCCOCCOCCn1nnc2c1-c1ccccc1CN(C(=O)CCC(=O)NCCCCCCOP(O)OC(C)C)c1ccccc1-2. The molecule has 0 saturated carbocycles. The number of nitrogens with one attached hydrogen (secondary N) is 1. The van der Waals surface area contributed by atoms with Gasteiger partial charge in [-0.25, -0.2) is 4.68 Å². The third kappa shape index (κ3) is 16.3. The molecule has 2 aromatic carbocycles. The summed E-state index contributed by atoms with van der Waals surface area (Å²) < 4.78 is 34.7. The first-order chi connectivity index (χ1) is 27.8. The lowest BCUT2D eigenvalue weighted by Crippen LogP contribution is -2.33. The van der Waals surface area contributed by atoms with Crippen molar-refractivity contribution in [2.75, 3.05) is 70.9 Å². The molecule has 0 radical (unpaired) electrons. The van der Waals surface area contributed by atoms with Crippen LogP contribution in [-0.4, -0.2) is 110 Å². The summed E-state index contributed by atoms with van der Waals surface area (Å²) >= 11 is 0. The second kappa shape index (κ2) is 26.4. The van der Waals surface area contributed by atoms with Crippen LogP contribution in [0.4, 0.5) is 5.69 Å². The number of aromatic nitrogens is 3. The van der Waals surface area contributed by atoms with E-state index < -0.39 is 8.60 Å². The summed E-state index contributed by atoms with van der Waals surface area (Å²) in [6.07, 6.45) is 4.48. The molecule has 1 unspecified atom stereocenters. The molecular formula is C41H60N5O10P. The smallest absolute Gasteiger partial charge is 0.330 e. The van der Waals surface area contributed by atoms with Gasteiger partial charge in [0.25, 0.3) is 0 Å². The second-order valence-electron chi connectivity index (χ2n) is 13.7. The molecule has 15 nitrogen and oxygen atoms in total. The Labute approximate surface area is 337 Å². The zero-order chi connectivity index (χ0) is 40.7. The number of ketones is 1. The van der Waals surface area contributed by atoms with Gasteiger partial charge in [-0.2, -0.15) is 0 Å². The number of amides is 2. The maximum absolute atomic E-state index is 13.8. The van der Waals surface area contributed by atoms with Gasteiger partial charge in [0.1, 0.15) is 11.5 Å². The van der Waals surface area contributed by atoms with Crippen LogP contribution in [0, 0.1) is 0 Å². The zero-order valence-corrected chi connectivity index (χ0v) is 34.6. The first-order valence-corrected chi connectivity index (χ1v) is 21.2. The lowest BCUT2D eigenvalue weighted by molar-refractivity contribution is -0.125. The summed E-state index contributed by atoms with van der Waals surface area (Å²) in [4.78, 5) is 49.3. The van der Waals surface area contributed by atoms with Crippen LogP contribution in [0.3, 0.4) is 0 Å². The molecule has 0 aliphatic carbocycles. The predicted octanol–water partition coefficient (Wildman–Crippen LogP) is 6.01. The van der Waals surface area contributed by atoms with Crippen molar-refractivity contribution < 1.29 is 47.3 Å². The number of hydrogen-bond donors (Lipinski definition) is 2. The normalized spacial score (nSPS) is 12.8. The number of rotatable bonds is 29. The molecule has 3 aromatic rings. The number of ether oxygens (including phenoxy) is 4. The molecule has 16 heteroatoms. The quantitative estimate of drug-likeness (QED) is 0.0619. The van der Waals surface area contributed by atoms with Gasteiger partial charge in [-0.05, 0) is 38.3 Å². The molecule has 0 bridgehead atoms. The number of unbranched alkanes of at least 4 members (excludes halogenated alkanes) is 3. The van der Waals surface area contributed by atoms with Gasteiger partial charge in [0, 0.05) is 43.4 Å². The van der Waals surface area contributed by atoms with E-state index in [9.17, 15) is 19.3 Å². The number of benzene rings is 2. The summed E-state index contributed by atoms with van der Waals surface area (Å²) in [5.41, 5.74) is 4.90. The molecule has 1 aromatic heterocycles. The van der Waals surface area contributed by atoms with E-state index in [0.717, 1.165) is 48.1 Å². The van der Waals surface area contributed by atoms with Crippen molar-refractivity contribution in [2.45, 2.75) is 91.3 Å². The lowest BCUT2D eigenvalue weighted by Gasteiger charge is -2.28. The van der Waals surface area contributed by atoms with Crippen molar-refractivity contribution in [3.63, 3.8) is 0 Å². The van der Waals surface area contributed by atoms with Crippen molar-refractivity contribution in [3.05, 3.63) is 54.1 Å². The zero-order valence-electron chi connectivity index (χ0n) is 33.7. The highest BCUT2D eigenvalue weighted by Crippen LogP contribution is 2.41. The van der Waals surface area contributed by atoms with Crippen LogP contribution in [0.25, 0.3) is 22.5 Å². The summed E-state index contributed by atoms with van der Waals surface area (Å²) in [6, 6.07) is 15.6. The van der Waals surface area contributed by atoms with Gasteiger partial charge in [-0.15, -0.1) is 5.10 Å². The highest BCUT2D eigenvalue weighted by molar-refractivity contribution is 7.40. The summed E-state index contributed by atoms with van der Waals surface area (Å²) in [5.74, 6) is -0.115. The molecule has 2 N–H and O–H groups in total. The van der Waals surface area contributed by atoms with Gasteiger partial charge >= 0.3 is 8.60 Å². The van der Waals surface area contributed by atoms with Crippen LogP contribution < -0.4 is 10.2 Å². The van der Waals surface area contributed by atoms with Crippen LogP contribution in [-0.2, 0) is 55.5 Å². The molecule has 1 aliphatic rings.